The number of ketones is 2. The fraction of sp³-hybridized carbons (Fsp3) is 0.457. The summed E-state index contributed by atoms with van der Waals surface area (Å²) in [5.74, 6) is -0.326. The minimum absolute atomic E-state index is 0.00166. The van der Waals surface area contributed by atoms with Crippen molar-refractivity contribution in [1.82, 2.24) is 4.90 Å². The number of hydrogen-bond acceptors (Lipinski definition) is 6. The van der Waals surface area contributed by atoms with Crippen molar-refractivity contribution in [2.75, 3.05) is 13.2 Å². The first-order valence-corrected chi connectivity index (χ1v) is 16.5. The summed E-state index contributed by atoms with van der Waals surface area (Å²) in [5.41, 5.74) is 4.08. The molecule has 5 rings (SSSR count). The van der Waals surface area contributed by atoms with Crippen LogP contribution in [0.15, 0.2) is 58.9 Å². The van der Waals surface area contributed by atoms with Crippen LogP contribution in [-0.4, -0.2) is 40.7 Å². The Morgan fingerprint density at radius 1 is 0.955 bits per heavy atom. The van der Waals surface area contributed by atoms with E-state index < -0.39 is 11.9 Å². The lowest BCUT2D eigenvalue weighted by Gasteiger charge is -2.49. The summed E-state index contributed by atoms with van der Waals surface area (Å²) in [7, 11) is 0. The number of hydrogen-bond donors (Lipinski definition) is 1. The minimum Gasteiger partial charge on any atom is -0.490 e. The Morgan fingerprint density at radius 2 is 1.52 bits per heavy atom. The van der Waals surface area contributed by atoms with E-state index >= 15 is 0 Å². The number of halogens is 2. The number of carboxylic acids is 1. The Balaban J connectivity index is 1.67. The van der Waals surface area contributed by atoms with Gasteiger partial charge in [0, 0.05) is 52.9 Å². The second-order valence-electron chi connectivity index (χ2n) is 13.5. The molecular weight excluding hydrogens is 693 g/mol. The Bertz CT molecular complexity index is 1520. The van der Waals surface area contributed by atoms with Crippen molar-refractivity contribution < 1.29 is 29.0 Å². The minimum atomic E-state index is -0.913. The molecule has 1 aliphatic heterocycles. The van der Waals surface area contributed by atoms with Crippen LogP contribution in [0.3, 0.4) is 0 Å². The number of aliphatic carboxylic acids is 1. The van der Waals surface area contributed by atoms with Gasteiger partial charge in [-0.15, -0.1) is 0 Å². The molecule has 0 atom stereocenters. The zero-order valence-corrected chi connectivity index (χ0v) is 28.8. The van der Waals surface area contributed by atoms with Crippen LogP contribution in [0, 0.1) is 14.4 Å². The highest BCUT2D eigenvalue weighted by Gasteiger charge is 2.49. The number of ether oxygens (including phenoxy) is 2. The van der Waals surface area contributed by atoms with Crippen molar-refractivity contribution in [3.05, 3.63) is 78.7 Å². The van der Waals surface area contributed by atoms with Gasteiger partial charge in [-0.25, -0.2) is 0 Å². The van der Waals surface area contributed by atoms with Crippen molar-refractivity contribution in [2.24, 2.45) is 10.8 Å². The van der Waals surface area contributed by atoms with Crippen LogP contribution in [0.5, 0.6) is 11.5 Å². The van der Waals surface area contributed by atoms with E-state index in [-0.39, 0.29) is 35.4 Å². The molecule has 0 spiro atoms. The lowest BCUT2D eigenvalue weighted by Crippen LogP contribution is -2.45. The third-order valence-electron chi connectivity index (χ3n) is 8.53. The summed E-state index contributed by atoms with van der Waals surface area (Å²) in [6.07, 6.45) is 1.86. The first kappa shape index (κ1) is 32.5. The van der Waals surface area contributed by atoms with E-state index in [1.165, 1.54) is 0 Å². The Labute approximate surface area is 277 Å². The van der Waals surface area contributed by atoms with Crippen LogP contribution in [0.25, 0.3) is 0 Å². The smallest absolute Gasteiger partial charge is 0.305 e. The van der Waals surface area contributed by atoms with Gasteiger partial charge in [0.15, 0.2) is 23.1 Å². The standard InChI is InChI=1S/C35H39ClINO6/c1-6-43-28-14-21(13-23(37)33(28)44-19-20-7-9-22(36)10-8-20)30-31-24(15-34(2,3)17-26(31)39)38(12-11-29(41)42)25-16-35(4,5)18-27(40)32(25)30/h7-10,13-14,30H,6,11-12,15-19H2,1-5H3,(H,41,42). The molecule has 3 aliphatic rings. The topological polar surface area (TPSA) is 93.1 Å². The lowest BCUT2D eigenvalue weighted by atomic mass is 9.63. The molecule has 0 amide bonds. The summed E-state index contributed by atoms with van der Waals surface area (Å²) in [5, 5.41) is 10.3. The van der Waals surface area contributed by atoms with Crippen molar-refractivity contribution in [2.45, 2.75) is 79.2 Å². The number of carbonyl (C=O) groups excluding carboxylic acids is 2. The summed E-state index contributed by atoms with van der Waals surface area (Å²) in [4.78, 5) is 41.9. The molecule has 1 N–H and O–H groups in total. The van der Waals surface area contributed by atoms with Crippen molar-refractivity contribution >= 4 is 51.7 Å². The molecule has 0 bridgehead atoms. The highest BCUT2D eigenvalue weighted by molar-refractivity contribution is 14.1. The van der Waals surface area contributed by atoms with Gasteiger partial charge < -0.3 is 19.5 Å². The number of rotatable bonds is 9. The third-order valence-corrected chi connectivity index (χ3v) is 9.59. The first-order valence-electron chi connectivity index (χ1n) is 15.0. The van der Waals surface area contributed by atoms with Crippen molar-refractivity contribution in [3.8, 4) is 11.5 Å². The van der Waals surface area contributed by atoms with E-state index in [4.69, 9.17) is 21.1 Å². The van der Waals surface area contributed by atoms with E-state index in [1.807, 2.05) is 48.2 Å². The zero-order chi connectivity index (χ0) is 32.0. The fourth-order valence-corrected chi connectivity index (χ4v) is 7.66. The Morgan fingerprint density at radius 3 is 2.05 bits per heavy atom. The highest BCUT2D eigenvalue weighted by Crippen LogP contribution is 2.55. The number of nitrogens with zero attached hydrogens (tertiary/aromatic N) is 1. The molecule has 9 heteroatoms. The van der Waals surface area contributed by atoms with Crippen LogP contribution in [0.2, 0.25) is 5.02 Å². The first-order chi connectivity index (χ1) is 20.7. The fourth-order valence-electron chi connectivity index (χ4n) is 6.75. The zero-order valence-electron chi connectivity index (χ0n) is 25.9. The quantitative estimate of drug-likeness (QED) is 0.261. The molecule has 234 valence electrons. The summed E-state index contributed by atoms with van der Waals surface area (Å²) in [6, 6.07) is 11.4. The van der Waals surface area contributed by atoms with Crippen molar-refractivity contribution in [1.29, 1.82) is 0 Å². The second-order valence-corrected chi connectivity index (χ2v) is 15.1. The lowest BCUT2D eigenvalue weighted by molar-refractivity contribution is -0.137. The highest BCUT2D eigenvalue weighted by atomic mass is 127. The molecule has 0 aromatic heterocycles. The molecule has 2 aromatic rings. The van der Waals surface area contributed by atoms with Crippen molar-refractivity contribution in [3.63, 3.8) is 0 Å². The van der Waals surface area contributed by atoms with Gasteiger partial charge in [-0.2, -0.15) is 0 Å². The largest absolute Gasteiger partial charge is 0.490 e. The molecule has 1 heterocycles. The van der Waals surface area contributed by atoms with Crippen LogP contribution in [0.1, 0.15) is 83.8 Å². The molecular formula is C35H39ClINO6. The molecule has 0 saturated carbocycles. The SMILES string of the molecule is CCOc1cc(C2C3=C(CC(C)(C)CC3=O)N(CCC(=O)O)C3=C2C(=O)CC(C)(C)C3)cc(I)c1OCc1ccc(Cl)cc1. The summed E-state index contributed by atoms with van der Waals surface area (Å²) >= 11 is 8.29. The van der Waals surface area contributed by atoms with Gasteiger partial charge in [0.25, 0.3) is 0 Å². The van der Waals surface area contributed by atoms with E-state index in [0.717, 1.165) is 26.1 Å². The van der Waals surface area contributed by atoms with Gasteiger partial charge in [-0.05, 0) is 88.6 Å². The Kier molecular flexibility index (Phi) is 9.25. The van der Waals surface area contributed by atoms with E-state index in [9.17, 15) is 19.5 Å². The summed E-state index contributed by atoms with van der Waals surface area (Å²) in [6.45, 7) is 11.1. The number of Topliss-reactive ketones (excluding diaryl/α,β-unsaturated/α-hetero) is 2. The molecule has 7 nitrogen and oxygen atoms in total. The molecule has 2 aromatic carbocycles. The third kappa shape index (κ3) is 6.71. The van der Waals surface area contributed by atoms with E-state index in [2.05, 4.69) is 50.3 Å². The number of carboxylic acid groups (broad SMARTS) is 1. The normalized spacial score (nSPS) is 19.6. The molecule has 0 fully saturated rings. The van der Waals surface area contributed by atoms with Crippen LogP contribution >= 0.6 is 34.2 Å². The molecule has 0 unspecified atom stereocenters. The Hall–Kier alpha value is -2.85. The maximum atomic E-state index is 14.1. The predicted octanol–water partition coefficient (Wildman–Crippen LogP) is 8.08. The van der Waals surface area contributed by atoms with Gasteiger partial charge in [0.05, 0.1) is 16.6 Å². The van der Waals surface area contributed by atoms with Crippen LogP contribution in [0.4, 0.5) is 0 Å². The predicted molar refractivity (Wildman–Crippen MR) is 178 cm³/mol. The second kappa shape index (κ2) is 12.5. The summed E-state index contributed by atoms with van der Waals surface area (Å²) < 4.78 is 13.2. The molecule has 44 heavy (non-hydrogen) atoms. The number of allylic oxidation sites excluding steroid dienone is 4. The number of carbonyl (C=O) groups is 3. The molecule has 0 radical (unpaired) electrons. The van der Waals surface area contributed by atoms with Gasteiger partial charge in [-0.3, -0.25) is 14.4 Å². The van der Waals surface area contributed by atoms with Crippen LogP contribution in [-0.2, 0) is 21.0 Å². The average molecular weight is 732 g/mol. The van der Waals surface area contributed by atoms with E-state index in [0.29, 0.717) is 66.6 Å². The van der Waals surface area contributed by atoms with Gasteiger partial charge in [0.1, 0.15) is 6.61 Å². The monoisotopic (exact) mass is 731 g/mol. The van der Waals surface area contributed by atoms with Gasteiger partial charge in [-0.1, -0.05) is 51.4 Å². The van der Waals surface area contributed by atoms with Gasteiger partial charge >= 0.3 is 5.97 Å². The maximum absolute atomic E-state index is 14.1. The maximum Gasteiger partial charge on any atom is 0.305 e. The average Bonchev–Trinajstić information content (AvgIpc) is 2.90. The van der Waals surface area contributed by atoms with Crippen LogP contribution < -0.4 is 9.47 Å². The number of benzene rings is 2. The van der Waals surface area contributed by atoms with E-state index in [1.54, 1.807) is 0 Å². The molecule has 0 saturated heterocycles. The van der Waals surface area contributed by atoms with Gasteiger partial charge in [0.2, 0.25) is 0 Å². The molecule has 2 aliphatic carbocycles.